The molecular weight excluding hydrogens is 304 g/mol. The third-order valence-electron chi connectivity index (χ3n) is 5.63. The summed E-state index contributed by atoms with van der Waals surface area (Å²) in [4.78, 5) is 28.0. The second kappa shape index (κ2) is 5.80. The minimum absolute atomic E-state index is 0.206. The van der Waals surface area contributed by atoms with E-state index in [1.54, 1.807) is 11.9 Å². The first-order valence-electron chi connectivity index (χ1n) is 8.83. The van der Waals surface area contributed by atoms with Crippen LogP contribution >= 0.6 is 0 Å². The van der Waals surface area contributed by atoms with Gasteiger partial charge in [0, 0.05) is 20.0 Å². The fraction of sp³-hybridized carbons (Fsp3) is 0.579. The Morgan fingerprint density at radius 2 is 1.96 bits per heavy atom. The summed E-state index contributed by atoms with van der Waals surface area (Å²) in [7, 11) is 1.76. The number of rotatable bonds is 2. The van der Waals surface area contributed by atoms with Crippen LogP contribution in [0, 0.1) is 5.92 Å². The van der Waals surface area contributed by atoms with Crippen molar-refractivity contribution in [2.75, 3.05) is 26.7 Å². The van der Waals surface area contributed by atoms with E-state index < -0.39 is 5.60 Å². The number of piperidine rings is 1. The van der Waals surface area contributed by atoms with Gasteiger partial charge >= 0.3 is 6.09 Å². The summed E-state index contributed by atoms with van der Waals surface area (Å²) in [5, 5.41) is 0. The van der Waals surface area contributed by atoms with Crippen molar-refractivity contribution >= 4 is 12.0 Å². The van der Waals surface area contributed by atoms with Crippen molar-refractivity contribution < 1.29 is 14.3 Å². The predicted molar refractivity (Wildman–Crippen MR) is 89.6 cm³/mol. The molecular formula is C19H24N2O3. The number of likely N-dealkylation sites (tertiary alicyclic amines) is 1. The molecule has 3 aliphatic rings. The third-order valence-corrected chi connectivity index (χ3v) is 5.63. The molecule has 1 aromatic rings. The number of ether oxygens (including phenoxy) is 1. The van der Waals surface area contributed by atoms with E-state index in [1.165, 1.54) is 11.1 Å². The fourth-order valence-electron chi connectivity index (χ4n) is 4.49. The Balaban J connectivity index is 1.38. The molecule has 1 atom stereocenters. The number of hydrogen-bond acceptors (Lipinski definition) is 3. The van der Waals surface area contributed by atoms with Crippen LogP contribution in [0.2, 0.25) is 0 Å². The summed E-state index contributed by atoms with van der Waals surface area (Å²) < 4.78 is 5.60. The summed E-state index contributed by atoms with van der Waals surface area (Å²) in [6.45, 7) is 1.91. The Morgan fingerprint density at radius 3 is 2.58 bits per heavy atom. The SMILES string of the molecule is CN1CC2(CCCN(C(=O)CC3Cc4ccccc4C3)C2)OC1=O. The molecule has 0 saturated carbocycles. The molecule has 1 unspecified atom stereocenters. The molecule has 2 aliphatic heterocycles. The van der Waals surface area contributed by atoms with Gasteiger partial charge in [-0.05, 0) is 42.7 Å². The van der Waals surface area contributed by atoms with E-state index in [0.717, 1.165) is 32.2 Å². The Labute approximate surface area is 142 Å². The van der Waals surface area contributed by atoms with Crippen LogP contribution in [0.5, 0.6) is 0 Å². The molecule has 0 N–H and O–H groups in total. The van der Waals surface area contributed by atoms with Gasteiger partial charge in [0.2, 0.25) is 5.91 Å². The number of carbonyl (C=O) groups is 2. The lowest BCUT2D eigenvalue weighted by molar-refractivity contribution is -0.137. The van der Waals surface area contributed by atoms with Crippen molar-refractivity contribution in [2.24, 2.45) is 5.92 Å². The fourth-order valence-corrected chi connectivity index (χ4v) is 4.49. The van der Waals surface area contributed by atoms with Gasteiger partial charge < -0.3 is 14.5 Å². The van der Waals surface area contributed by atoms with Gasteiger partial charge in [-0.3, -0.25) is 4.79 Å². The Hall–Kier alpha value is -2.04. The smallest absolute Gasteiger partial charge is 0.410 e. The molecule has 2 heterocycles. The average molecular weight is 328 g/mol. The van der Waals surface area contributed by atoms with Gasteiger partial charge in [0.1, 0.15) is 5.60 Å². The molecule has 2 amide bonds. The zero-order valence-electron chi connectivity index (χ0n) is 14.2. The van der Waals surface area contributed by atoms with E-state index >= 15 is 0 Å². The van der Waals surface area contributed by atoms with Crippen molar-refractivity contribution in [3.8, 4) is 0 Å². The van der Waals surface area contributed by atoms with E-state index in [0.29, 0.717) is 25.4 Å². The Bertz CT molecular complexity index is 649. The zero-order valence-corrected chi connectivity index (χ0v) is 14.2. The number of likely N-dealkylation sites (N-methyl/N-ethyl adjacent to an activating group) is 1. The minimum atomic E-state index is -0.488. The topological polar surface area (TPSA) is 49.9 Å². The van der Waals surface area contributed by atoms with Gasteiger partial charge in [-0.2, -0.15) is 0 Å². The van der Waals surface area contributed by atoms with Gasteiger partial charge in [-0.1, -0.05) is 24.3 Å². The van der Waals surface area contributed by atoms with Gasteiger partial charge in [0.05, 0.1) is 13.1 Å². The highest BCUT2D eigenvalue weighted by atomic mass is 16.6. The van der Waals surface area contributed by atoms with Crippen LogP contribution in [-0.4, -0.2) is 54.1 Å². The summed E-state index contributed by atoms with van der Waals surface area (Å²) in [6, 6.07) is 8.48. The lowest BCUT2D eigenvalue weighted by Crippen LogP contribution is -2.52. The van der Waals surface area contributed by atoms with Crippen molar-refractivity contribution in [3.05, 3.63) is 35.4 Å². The quantitative estimate of drug-likeness (QED) is 0.836. The molecule has 2 saturated heterocycles. The molecule has 0 aromatic heterocycles. The molecule has 5 nitrogen and oxygen atoms in total. The van der Waals surface area contributed by atoms with Crippen LogP contribution in [0.4, 0.5) is 4.79 Å². The molecule has 4 rings (SSSR count). The van der Waals surface area contributed by atoms with Crippen molar-refractivity contribution in [1.82, 2.24) is 9.80 Å². The highest BCUT2D eigenvalue weighted by molar-refractivity contribution is 5.77. The second-order valence-corrected chi connectivity index (χ2v) is 7.57. The number of fused-ring (bicyclic) bond motifs is 1. The highest BCUT2D eigenvalue weighted by Gasteiger charge is 2.47. The van der Waals surface area contributed by atoms with Gasteiger partial charge in [0.15, 0.2) is 0 Å². The predicted octanol–water partition coefficient (Wildman–Crippen LogP) is 2.23. The summed E-state index contributed by atoms with van der Waals surface area (Å²) in [5.74, 6) is 0.610. The molecule has 2 fully saturated rings. The van der Waals surface area contributed by atoms with Crippen LogP contribution in [0.3, 0.4) is 0 Å². The molecule has 0 radical (unpaired) electrons. The number of hydrogen-bond donors (Lipinski definition) is 0. The normalized spacial score (nSPS) is 26.8. The van der Waals surface area contributed by atoms with Gasteiger partial charge in [-0.15, -0.1) is 0 Å². The van der Waals surface area contributed by atoms with Crippen LogP contribution in [0.15, 0.2) is 24.3 Å². The van der Waals surface area contributed by atoms with Gasteiger partial charge in [0.25, 0.3) is 0 Å². The number of carbonyl (C=O) groups excluding carboxylic acids is 2. The number of nitrogens with zero attached hydrogens (tertiary/aromatic N) is 2. The average Bonchev–Trinajstić information content (AvgIpc) is 3.07. The van der Waals surface area contributed by atoms with Crippen molar-refractivity contribution in [1.29, 1.82) is 0 Å². The van der Waals surface area contributed by atoms with E-state index in [4.69, 9.17) is 4.74 Å². The monoisotopic (exact) mass is 328 g/mol. The molecule has 1 aromatic carbocycles. The van der Waals surface area contributed by atoms with Crippen LogP contribution in [-0.2, 0) is 22.4 Å². The summed E-state index contributed by atoms with van der Waals surface area (Å²) >= 11 is 0. The highest BCUT2D eigenvalue weighted by Crippen LogP contribution is 2.33. The van der Waals surface area contributed by atoms with Gasteiger partial charge in [-0.25, -0.2) is 4.79 Å². The van der Waals surface area contributed by atoms with Crippen LogP contribution in [0.1, 0.15) is 30.4 Å². The summed E-state index contributed by atoms with van der Waals surface area (Å²) in [6.07, 6.45) is 4.07. The molecule has 1 spiro atoms. The number of benzene rings is 1. The largest absolute Gasteiger partial charge is 0.439 e. The molecule has 0 bridgehead atoms. The maximum absolute atomic E-state index is 12.8. The van der Waals surface area contributed by atoms with E-state index in [9.17, 15) is 9.59 Å². The van der Waals surface area contributed by atoms with Crippen LogP contribution < -0.4 is 0 Å². The maximum atomic E-state index is 12.8. The van der Waals surface area contributed by atoms with E-state index in [2.05, 4.69) is 24.3 Å². The third kappa shape index (κ3) is 2.76. The first-order valence-corrected chi connectivity index (χ1v) is 8.83. The molecule has 128 valence electrons. The second-order valence-electron chi connectivity index (χ2n) is 7.57. The van der Waals surface area contributed by atoms with Crippen molar-refractivity contribution in [3.63, 3.8) is 0 Å². The Kier molecular flexibility index (Phi) is 3.74. The zero-order chi connectivity index (χ0) is 16.7. The van der Waals surface area contributed by atoms with E-state index in [-0.39, 0.29) is 12.0 Å². The summed E-state index contributed by atoms with van der Waals surface area (Å²) in [5.41, 5.74) is 2.28. The van der Waals surface area contributed by atoms with E-state index in [1.807, 2.05) is 4.90 Å². The molecule has 24 heavy (non-hydrogen) atoms. The number of amides is 2. The van der Waals surface area contributed by atoms with Crippen molar-refractivity contribution in [2.45, 2.75) is 37.7 Å². The lowest BCUT2D eigenvalue weighted by Gasteiger charge is -2.38. The first-order chi connectivity index (χ1) is 11.5. The molecule has 1 aliphatic carbocycles. The standard InChI is InChI=1S/C19H24N2O3/c1-20-12-19(24-18(20)23)7-4-8-21(13-19)17(22)11-14-9-15-5-2-3-6-16(15)10-14/h2-3,5-6,14H,4,7-13H2,1H3. The first kappa shape index (κ1) is 15.5. The Morgan fingerprint density at radius 1 is 1.25 bits per heavy atom. The lowest BCUT2D eigenvalue weighted by atomic mass is 9.91. The maximum Gasteiger partial charge on any atom is 0.410 e. The van der Waals surface area contributed by atoms with Crippen LogP contribution in [0.25, 0.3) is 0 Å². The minimum Gasteiger partial charge on any atom is -0.439 e. The molecule has 5 heteroatoms.